The van der Waals surface area contributed by atoms with Crippen molar-refractivity contribution in [3.8, 4) is 11.8 Å². The van der Waals surface area contributed by atoms with E-state index in [9.17, 15) is 32.9 Å². The third-order valence-electron chi connectivity index (χ3n) is 3.57. The number of alkyl halides is 3. The van der Waals surface area contributed by atoms with Gasteiger partial charge in [-0.05, 0) is 30.3 Å². The second-order valence-electron chi connectivity index (χ2n) is 5.87. The predicted octanol–water partition coefficient (Wildman–Crippen LogP) is 3.24. The van der Waals surface area contributed by atoms with Crippen LogP contribution in [0.1, 0.15) is 15.9 Å². The van der Waals surface area contributed by atoms with Crippen molar-refractivity contribution in [2.75, 3.05) is 17.7 Å². The highest BCUT2D eigenvalue weighted by molar-refractivity contribution is 8.00. The zero-order valence-corrected chi connectivity index (χ0v) is 16.2. The first kappa shape index (κ1) is 23.5. The molecule has 0 bridgehead atoms. The van der Waals surface area contributed by atoms with Crippen molar-refractivity contribution in [3.05, 3.63) is 57.6 Å². The van der Waals surface area contributed by atoms with Crippen molar-refractivity contribution >= 4 is 35.0 Å². The molecule has 0 unspecified atom stereocenters. The molecule has 0 spiro atoms. The summed E-state index contributed by atoms with van der Waals surface area (Å²) in [6.07, 6.45) is -4.57. The number of nitrogens with one attached hydrogen (secondary N) is 1. The van der Waals surface area contributed by atoms with Crippen molar-refractivity contribution in [3.63, 3.8) is 0 Å². The number of carbonyl (C=O) groups is 2. The Hall–Kier alpha value is -3.79. The lowest BCUT2D eigenvalue weighted by Crippen LogP contribution is -2.19. The molecule has 2 aromatic rings. The second kappa shape index (κ2) is 9.81. The maximum absolute atomic E-state index is 12.3. The molecule has 31 heavy (non-hydrogen) atoms. The van der Waals surface area contributed by atoms with Gasteiger partial charge in [0.2, 0.25) is 11.8 Å². The number of amides is 2. The Morgan fingerprint density at radius 3 is 2.55 bits per heavy atom. The van der Waals surface area contributed by atoms with Gasteiger partial charge in [-0.3, -0.25) is 19.7 Å². The summed E-state index contributed by atoms with van der Waals surface area (Å²) in [5, 5.41) is 22.7. The minimum absolute atomic E-state index is 0.0580. The summed E-state index contributed by atoms with van der Waals surface area (Å²) >= 11 is 0.827. The molecule has 0 aliphatic rings. The predicted molar refractivity (Wildman–Crippen MR) is 104 cm³/mol. The van der Waals surface area contributed by atoms with Gasteiger partial charge in [-0.25, -0.2) is 0 Å². The summed E-state index contributed by atoms with van der Waals surface area (Å²) in [5.74, 6) is -1.98. The average Bonchev–Trinajstić information content (AvgIpc) is 2.70. The molecular formula is C18H13F3N4O5S. The number of nitro groups is 1. The molecule has 0 aliphatic heterocycles. The van der Waals surface area contributed by atoms with E-state index in [1.54, 1.807) is 6.07 Å². The van der Waals surface area contributed by atoms with Crippen LogP contribution in [0.4, 0.5) is 24.5 Å². The summed E-state index contributed by atoms with van der Waals surface area (Å²) in [6.45, 7) is -1.57. The van der Waals surface area contributed by atoms with E-state index in [0.717, 1.165) is 30.0 Å². The summed E-state index contributed by atoms with van der Waals surface area (Å²) in [4.78, 5) is 33.9. The molecule has 13 heteroatoms. The SMILES string of the molecule is N#Cc1cc(NC(=O)CSc2ccc(C(N)=O)cc2[N+](=O)[O-])ccc1OCC(F)(F)F. The number of nitrogens with zero attached hydrogens (tertiary/aromatic N) is 2. The molecular weight excluding hydrogens is 441 g/mol. The Balaban J connectivity index is 2.06. The van der Waals surface area contributed by atoms with E-state index in [2.05, 4.69) is 10.1 Å². The number of carbonyl (C=O) groups excluding carboxylic acids is 2. The molecule has 2 amide bonds. The Kier molecular flexibility index (Phi) is 7.43. The fourth-order valence-corrected chi connectivity index (χ4v) is 3.06. The normalized spacial score (nSPS) is 10.8. The van der Waals surface area contributed by atoms with Gasteiger partial charge in [0.15, 0.2) is 6.61 Å². The standard InChI is InChI=1S/C18H13F3N4O5S/c19-18(20,21)9-30-14-3-2-12(5-11(14)7-22)24-16(26)8-31-15-4-1-10(17(23)27)6-13(15)25(28)29/h1-6H,8-9H2,(H2,23,27)(H,24,26). The van der Waals surface area contributed by atoms with E-state index < -0.39 is 35.2 Å². The van der Waals surface area contributed by atoms with Gasteiger partial charge in [0.1, 0.15) is 11.8 Å². The number of rotatable bonds is 8. The Labute approximate surface area is 177 Å². The van der Waals surface area contributed by atoms with E-state index in [1.165, 1.54) is 18.2 Å². The molecule has 0 radical (unpaired) electrons. The first-order valence-electron chi connectivity index (χ1n) is 8.25. The number of thioether (sulfide) groups is 1. The Bertz CT molecular complexity index is 1070. The van der Waals surface area contributed by atoms with Crippen molar-refractivity contribution < 1.29 is 32.4 Å². The average molecular weight is 454 g/mol. The number of nitrogens with two attached hydrogens (primary N) is 1. The number of ether oxygens (including phenoxy) is 1. The van der Waals surface area contributed by atoms with E-state index in [-0.39, 0.29) is 33.2 Å². The number of benzene rings is 2. The second-order valence-corrected chi connectivity index (χ2v) is 6.88. The molecule has 9 nitrogen and oxygen atoms in total. The lowest BCUT2D eigenvalue weighted by molar-refractivity contribution is -0.387. The van der Waals surface area contributed by atoms with E-state index in [1.807, 2.05) is 0 Å². The molecule has 0 atom stereocenters. The molecule has 3 N–H and O–H groups in total. The Morgan fingerprint density at radius 2 is 1.97 bits per heavy atom. The molecule has 0 saturated carbocycles. The van der Waals surface area contributed by atoms with Crippen LogP contribution in [0, 0.1) is 21.4 Å². The number of anilines is 1. The highest BCUT2D eigenvalue weighted by Crippen LogP contribution is 2.30. The molecule has 2 rings (SSSR count). The van der Waals surface area contributed by atoms with E-state index in [4.69, 9.17) is 11.0 Å². The van der Waals surface area contributed by atoms with Crippen LogP contribution in [0.5, 0.6) is 5.75 Å². The number of primary amides is 1. The monoisotopic (exact) mass is 454 g/mol. The topological polar surface area (TPSA) is 148 Å². The van der Waals surface area contributed by atoms with Crippen LogP contribution in [0.25, 0.3) is 0 Å². The van der Waals surface area contributed by atoms with Crippen LogP contribution in [-0.2, 0) is 4.79 Å². The number of hydrogen-bond donors (Lipinski definition) is 2. The van der Waals surface area contributed by atoms with Gasteiger partial charge in [0.25, 0.3) is 5.69 Å². The van der Waals surface area contributed by atoms with Crippen molar-refractivity contribution in [2.24, 2.45) is 5.73 Å². The summed E-state index contributed by atoms with van der Waals surface area (Å²) in [7, 11) is 0. The van der Waals surface area contributed by atoms with E-state index >= 15 is 0 Å². The van der Waals surface area contributed by atoms with Gasteiger partial charge >= 0.3 is 6.18 Å². The minimum atomic E-state index is -4.57. The van der Waals surface area contributed by atoms with Crippen LogP contribution in [0.3, 0.4) is 0 Å². The van der Waals surface area contributed by atoms with Gasteiger partial charge in [0, 0.05) is 17.3 Å². The number of nitro benzene ring substituents is 1. The summed E-state index contributed by atoms with van der Waals surface area (Å²) < 4.78 is 41.3. The van der Waals surface area contributed by atoms with Crippen LogP contribution < -0.4 is 15.8 Å². The molecule has 2 aromatic carbocycles. The number of hydrogen-bond acceptors (Lipinski definition) is 7. The fourth-order valence-electron chi connectivity index (χ4n) is 2.26. The van der Waals surface area contributed by atoms with Crippen molar-refractivity contribution in [1.82, 2.24) is 0 Å². The number of halogens is 3. The highest BCUT2D eigenvalue weighted by atomic mass is 32.2. The molecule has 0 aliphatic carbocycles. The van der Waals surface area contributed by atoms with Gasteiger partial charge in [-0.1, -0.05) is 0 Å². The maximum atomic E-state index is 12.3. The van der Waals surface area contributed by atoms with Crippen LogP contribution in [0.2, 0.25) is 0 Å². The number of nitriles is 1. The third kappa shape index (κ3) is 6.89. The third-order valence-corrected chi connectivity index (χ3v) is 4.64. The fraction of sp³-hybridized carbons (Fsp3) is 0.167. The molecule has 0 aromatic heterocycles. The highest BCUT2D eigenvalue weighted by Gasteiger charge is 2.29. The van der Waals surface area contributed by atoms with Crippen LogP contribution in [-0.4, -0.2) is 35.3 Å². The molecule has 0 heterocycles. The van der Waals surface area contributed by atoms with Crippen molar-refractivity contribution in [2.45, 2.75) is 11.1 Å². The summed E-state index contributed by atoms with van der Waals surface area (Å²) in [5.41, 5.74) is 4.55. The zero-order valence-electron chi connectivity index (χ0n) is 15.4. The zero-order chi connectivity index (χ0) is 23.2. The van der Waals surface area contributed by atoms with Crippen molar-refractivity contribution in [1.29, 1.82) is 5.26 Å². The minimum Gasteiger partial charge on any atom is -0.483 e. The van der Waals surface area contributed by atoms with Gasteiger partial charge in [-0.15, -0.1) is 11.8 Å². The summed E-state index contributed by atoms with van der Waals surface area (Å²) in [6, 6.07) is 8.75. The van der Waals surface area contributed by atoms with Gasteiger partial charge in [0.05, 0.1) is 21.1 Å². The first-order chi connectivity index (χ1) is 14.5. The first-order valence-corrected chi connectivity index (χ1v) is 9.23. The smallest absolute Gasteiger partial charge is 0.422 e. The van der Waals surface area contributed by atoms with Crippen LogP contribution in [0.15, 0.2) is 41.3 Å². The van der Waals surface area contributed by atoms with Crippen LogP contribution >= 0.6 is 11.8 Å². The maximum Gasteiger partial charge on any atom is 0.422 e. The van der Waals surface area contributed by atoms with Gasteiger partial charge in [-0.2, -0.15) is 18.4 Å². The van der Waals surface area contributed by atoms with E-state index in [0.29, 0.717) is 0 Å². The van der Waals surface area contributed by atoms with Gasteiger partial charge < -0.3 is 15.8 Å². The molecule has 0 saturated heterocycles. The molecule has 162 valence electrons. The quantitative estimate of drug-likeness (QED) is 0.353. The Morgan fingerprint density at radius 1 is 1.26 bits per heavy atom. The lowest BCUT2D eigenvalue weighted by Gasteiger charge is -2.12. The largest absolute Gasteiger partial charge is 0.483 e. The molecule has 0 fully saturated rings. The lowest BCUT2D eigenvalue weighted by atomic mass is 10.2.